The van der Waals surface area contributed by atoms with Crippen LogP contribution in [0.25, 0.3) is 0 Å². The maximum atomic E-state index is 12.0. The summed E-state index contributed by atoms with van der Waals surface area (Å²) >= 11 is 0. The summed E-state index contributed by atoms with van der Waals surface area (Å²) in [6, 6.07) is 11.1. The molecule has 0 aliphatic heterocycles. The standard InChI is InChI=1S/C16H20N4O3/c1-19(2)13(12-6-4-3-5-7-12)10-17-15(22)11-20-9-8-14(21)18-16(20)23/h3-9,13H,10-11H2,1-2H3,(H,17,22)(H,18,21,23)/t13-/m1/s1. The van der Waals surface area contributed by atoms with E-state index in [0.29, 0.717) is 6.54 Å². The molecule has 2 rings (SSSR count). The third-order valence-corrected chi connectivity index (χ3v) is 3.51. The van der Waals surface area contributed by atoms with E-state index in [9.17, 15) is 14.4 Å². The minimum atomic E-state index is -0.597. The molecule has 7 nitrogen and oxygen atoms in total. The van der Waals surface area contributed by atoms with Crippen molar-refractivity contribution in [2.75, 3.05) is 20.6 Å². The number of nitrogens with one attached hydrogen (secondary N) is 2. The van der Waals surface area contributed by atoms with Gasteiger partial charge < -0.3 is 10.2 Å². The molecule has 0 aliphatic carbocycles. The second-order valence-electron chi connectivity index (χ2n) is 5.43. The van der Waals surface area contributed by atoms with E-state index in [-0.39, 0.29) is 18.5 Å². The summed E-state index contributed by atoms with van der Waals surface area (Å²) in [6.45, 7) is 0.290. The van der Waals surface area contributed by atoms with Crippen molar-refractivity contribution in [3.8, 4) is 0 Å². The smallest absolute Gasteiger partial charge is 0.328 e. The maximum absolute atomic E-state index is 12.0. The first-order valence-corrected chi connectivity index (χ1v) is 7.25. The van der Waals surface area contributed by atoms with Crippen molar-refractivity contribution in [1.29, 1.82) is 0 Å². The third kappa shape index (κ3) is 4.65. The third-order valence-electron chi connectivity index (χ3n) is 3.51. The maximum Gasteiger partial charge on any atom is 0.328 e. The van der Waals surface area contributed by atoms with Crippen LogP contribution in [-0.2, 0) is 11.3 Å². The summed E-state index contributed by atoms with van der Waals surface area (Å²) < 4.78 is 1.16. The van der Waals surface area contributed by atoms with Gasteiger partial charge in [-0.05, 0) is 19.7 Å². The van der Waals surface area contributed by atoms with E-state index in [4.69, 9.17) is 0 Å². The Morgan fingerprint density at radius 2 is 1.91 bits per heavy atom. The van der Waals surface area contributed by atoms with Crippen molar-refractivity contribution in [2.45, 2.75) is 12.6 Å². The van der Waals surface area contributed by atoms with Crippen LogP contribution in [0.4, 0.5) is 0 Å². The number of H-pyrrole nitrogens is 1. The number of nitrogens with zero attached hydrogens (tertiary/aromatic N) is 2. The van der Waals surface area contributed by atoms with E-state index < -0.39 is 11.2 Å². The Hall–Kier alpha value is -2.67. The molecule has 0 spiro atoms. The van der Waals surface area contributed by atoms with Crippen LogP contribution in [0.1, 0.15) is 11.6 Å². The van der Waals surface area contributed by atoms with Gasteiger partial charge in [0.2, 0.25) is 5.91 Å². The first-order chi connectivity index (χ1) is 11.0. The molecule has 1 atom stereocenters. The van der Waals surface area contributed by atoms with Gasteiger partial charge in [-0.2, -0.15) is 0 Å². The summed E-state index contributed by atoms with van der Waals surface area (Å²) in [5.74, 6) is -0.290. The van der Waals surface area contributed by atoms with E-state index >= 15 is 0 Å². The Bertz CT molecular complexity index is 765. The molecule has 0 aliphatic rings. The molecule has 0 radical (unpaired) electrons. The van der Waals surface area contributed by atoms with Crippen LogP contribution in [0.15, 0.2) is 52.2 Å². The molecule has 1 heterocycles. The zero-order valence-corrected chi connectivity index (χ0v) is 13.2. The highest BCUT2D eigenvalue weighted by Gasteiger charge is 2.15. The van der Waals surface area contributed by atoms with E-state index in [1.54, 1.807) is 0 Å². The number of hydrogen-bond acceptors (Lipinski definition) is 4. The van der Waals surface area contributed by atoms with Crippen LogP contribution in [0.2, 0.25) is 0 Å². The van der Waals surface area contributed by atoms with Gasteiger partial charge in [-0.1, -0.05) is 30.3 Å². The SMILES string of the molecule is CN(C)[C@H](CNC(=O)Cn1ccc(=O)[nH]c1=O)c1ccccc1. The lowest BCUT2D eigenvalue weighted by Crippen LogP contribution is -2.39. The highest BCUT2D eigenvalue weighted by Crippen LogP contribution is 2.16. The van der Waals surface area contributed by atoms with Crippen LogP contribution < -0.4 is 16.6 Å². The number of aromatic amines is 1. The minimum absolute atomic E-state index is 0.0347. The van der Waals surface area contributed by atoms with Crippen molar-refractivity contribution >= 4 is 5.91 Å². The average Bonchev–Trinajstić information content (AvgIpc) is 2.51. The molecular weight excluding hydrogens is 296 g/mol. The molecule has 0 fully saturated rings. The summed E-state index contributed by atoms with van der Waals surface area (Å²) in [6.07, 6.45) is 1.31. The normalized spacial score (nSPS) is 12.1. The van der Waals surface area contributed by atoms with Crippen molar-refractivity contribution < 1.29 is 4.79 Å². The fraction of sp³-hybridized carbons (Fsp3) is 0.312. The number of carbonyl (C=O) groups excluding carboxylic acids is 1. The summed E-state index contributed by atoms with van der Waals surface area (Å²) in [7, 11) is 3.88. The fourth-order valence-electron chi connectivity index (χ4n) is 2.26. The van der Waals surface area contributed by atoms with Crippen molar-refractivity contribution in [3.05, 3.63) is 69.0 Å². The van der Waals surface area contributed by atoms with Crippen LogP contribution >= 0.6 is 0 Å². The fourth-order valence-corrected chi connectivity index (χ4v) is 2.26. The number of carbonyl (C=O) groups is 1. The highest BCUT2D eigenvalue weighted by molar-refractivity contribution is 5.75. The van der Waals surface area contributed by atoms with Crippen LogP contribution in [0.3, 0.4) is 0 Å². The number of amides is 1. The van der Waals surface area contributed by atoms with Gasteiger partial charge in [0.1, 0.15) is 6.54 Å². The largest absolute Gasteiger partial charge is 0.353 e. The van der Waals surface area contributed by atoms with E-state index in [0.717, 1.165) is 10.1 Å². The molecule has 0 bridgehead atoms. The second-order valence-corrected chi connectivity index (χ2v) is 5.43. The van der Waals surface area contributed by atoms with E-state index in [2.05, 4.69) is 10.3 Å². The number of likely N-dealkylation sites (N-methyl/N-ethyl adjacent to an activating group) is 1. The lowest BCUT2D eigenvalue weighted by atomic mass is 10.1. The van der Waals surface area contributed by atoms with Crippen molar-refractivity contribution in [1.82, 2.24) is 19.8 Å². The first kappa shape index (κ1) is 16.7. The van der Waals surface area contributed by atoms with Gasteiger partial charge in [0.25, 0.3) is 5.56 Å². The van der Waals surface area contributed by atoms with Crippen molar-refractivity contribution in [2.24, 2.45) is 0 Å². The van der Waals surface area contributed by atoms with E-state index in [1.165, 1.54) is 12.3 Å². The van der Waals surface area contributed by atoms with E-state index in [1.807, 2.05) is 49.3 Å². The van der Waals surface area contributed by atoms with Gasteiger partial charge >= 0.3 is 5.69 Å². The molecule has 1 amide bonds. The quantitative estimate of drug-likeness (QED) is 0.782. The molecule has 122 valence electrons. The van der Waals surface area contributed by atoms with Gasteiger partial charge in [-0.3, -0.25) is 19.1 Å². The Labute approximate surface area is 133 Å². The van der Waals surface area contributed by atoms with Gasteiger partial charge in [0, 0.05) is 18.8 Å². The molecule has 0 saturated heterocycles. The minimum Gasteiger partial charge on any atom is -0.353 e. The molecule has 2 aromatic rings. The Morgan fingerprint density at radius 1 is 1.22 bits per heavy atom. The average molecular weight is 316 g/mol. The molecular formula is C16H20N4O3. The molecule has 2 N–H and O–H groups in total. The summed E-state index contributed by atoms with van der Waals surface area (Å²) in [5.41, 5.74) is 0.0160. The number of hydrogen-bond donors (Lipinski definition) is 2. The topological polar surface area (TPSA) is 87.2 Å². The van der Waals surface area contributed by atoms with Crippen molar-refractivity contribution in [3.63, 3.8) is 0 Å². The number of benzene rings is 1. The molecule has 0 saturated carbocycles. The number of aromatic nitrogens is 2. The van der Waals surface area contributed by atoms with Gasteiger partial charge in [-0.15, -0.1) is 0 Å². The lowest BCUT2D eigenvalue weighted by molar-refractivity contribution is -0.121. The summed E-state index contributed by atoms with van der Waals surface area (Å²) in [5, 5.41) is 2.82. The lowest BCUT2D eigenvalue weighted by Gasteiger charge is -2.25. The Balaban J connectivity index is 1.99. The zero-order valence-electron chi connectivity index (χ0n) is 13.2. The Morgan fingerprint density at radius 3 is 2.52 bits per heavy atom. The molecule has 1 aromatic carbocycles. The zero-order chi connectivity index (χ0) is 16.8. The highest BCUT2D eigenvalue weighted by atomic mass is 16.2. The van der Waals surface area contributed by atoms with Gasteiger partial charge in [-0.25, -0.2) is 4.79 Å². The number of rotatable bonds is 6. The van der Waals surface area contributed by atoms with Crippen LogP contribution in [-0.4, -0.2) is 41.0 Å². The first-order valence-electron chi connectivity index (χ1n) is 7.25. The predicted octanol–water partition coefficient (Wildman–Crippen LogP) is -0.0443. The monoisotopic (exact) mass is 316 g/mol. The Kier molecular flexibility index (Phi) is 5.48. The molecule has 0 unspecified atom stereocenters. The molecule has 23 heavy (non-hydrogen) atoms. The summed E-state index contributed by atoms with van der Waals surface area (Å²) in [4.78, 5) is 38.7. The molecule has 1 aromatic heterocycles. The second kappa shape index (κ2) is 7.55. The van der Waals surface area contributed by atoms with Crippen LogP contribution in [0.5, 0.6) is 0 Å². The van der Waals surface area contributed by atoms with Crippen LogP contribution in [0, 0.1) is 0 Å². The molecule has 7 heteroatoms. The predicted molar refractivity (Wildman–Crippen MR) is 87.2 cm³/mol. The van der Waals surface area contributed by atoms with Gasteiger partial charge in [0.05, 0.1) is 6.04 Å². The van der Waals surface area contributed by atoms with Gasteiger partial charge in [0.15, 0.2) is 0 Å².